The summed E-state index contributed by atoms with van der Waals surface area (Å²) in [6, 6.07) is 0. The van der Waals surface area contributed by atoms with Crippen LogP contribution < -0.4 is 11.3 Å². The van der Waals surface area contributed by atoms with Crippen molar-refractivity contribution >= 4 is 0 Å². The molecule has 0 aliphatic heterocycles. The van der Waals surface area contributed by atoms with Gasteiger partial charge in [-0.15, -0.1) is 0 Å². The summed E-state index contributed by atoms with van der Waals surface area (Å²) in [6.07, 6.45) is -5.05. The number of hydrogen-bond donors (Lipinski definition) is 6. The van der Waals surface area contributed by atoms with E-state index in [1.54, 1.807) is 0 Å². The highest BCUT2D eigenvalue weighted by Gasteiger charge is 2.27. The maximum Gasteiger partial charge on any atom is 0.110 e. The van der Waals surface area contributed by atoms with E-state index in [-0.39, 0.29) is 6.54 Å². The van der Waals surface area contributed by atoms with E-state index in [0.717, 1.165) is 0 Å². The monoisotopic (exact) mass is 180 g/mol. The van der Waals surface area contributed by atoms with Crippen LogP contribution in [-0.4, -0.2) is 51.4 Å². The fraction of sp³-hybridized carbons (Fsp3) is 1.00. The molecule has 0 fully saturated rings. The molecule has 0 aromatic heterocycles. The molecule has 0 aromatic rings. The van der Waals surface area contributed by atoms with E-state index in [9.17, 15) is 0 Å². The van der Waals surface area contributed by atoms with E-state index < -0.39 is 24.4 Å². The topological polar surface area (TPSA) is 119 Å². The lowest BCUT2D eigenvalue weighted by atomic mass is 10.0. The predicted molar refractivity (Wildman–Crippen MR) is 41.9 cm³/mol. The van der Waals surface area contributed by atoms with Crippen molar-refractivity contribution in [3.8, 4) is 0 Å². The molecule has 0 spiro atoms. The number of aliphatic hydroxyl groups is 4. The highest BCUT2D eigenvalue weighted by molar-refractivity contribution is 4.79. The van der Waals surface area contributed by atoms with Gasteiger partial charge in [-0.1, -0.05) is 0 Å². The van der Waals surface area contributed by atoms with Crippen LogP contribution in [0.1, 0.15) is 6.92 Å². The summed E-state index contributed by atoms with van der Waals surface area (Å²) in [5.41, 5.74) is 2.14. The molecule has 0 amide bonds. The third-order valence-corrected chi connectivity index (χ3v) is 1.57. The smallest absolute Gasteiger partial charge is 0.110 e. The van der Waals surface area contributed by atoms with Gasteiger partial charge < -0.3 is 20.4 Å². The molecule has 0 saturated carbocycles. The number of hydrogen-bond acceptors (Lipinski definition) is 6. The van der Waals surface area contributed by atoms with Crippen LogP contribution in [0.4, 0.5) is 0 Å². The molecular formula is C6H16N2O4. The Morgan fingerprint density at radius 1 is 1.17 bits per heavy atom. The summed E-state index contributed by atoms with van der Waals surface area (Å²) in [5.74, 6) is 4.88. The largest absolute Gasteiger partial charge is 0.391 e. The lowest BCUT2D eigenvalue weighted by Crippen LogP contribution is -2.48. The molecule has 0 rings (SSSR count). The van der Waals surface area contributed by atoms with Gasteiger partial charge in [-0.2, -0.15) is 0 Å². The van der Waals surface area contributed by atoms with E-state index in [1.807, 2.05) is 0 Å². The molecule has 7 N–H and O–H groups in total. The minimum Gasteiger partial charge on any atom is -0.391 e. The first-order valence-corrected chi connectivity index (χ1v) is 3.66. The molecule has 6 heteroatoms. The Kier molecular flexibility index (Phi) is 5.31. The maximum absolute atomic E-state index is 9.13. The summed E-state index contributed by atoms with van der Waals surface area (Å²) >= 11 is 0. The Morgan fingerprint density at radius 3 is 2.00 bits per heavy atom. The van der Waals surface area contributed by atoms with Crippen molar-refractivity contribution in [1.29, 1.82) is 0 Å². The summed E-state index contributed by atoms with van der Waals surface area (Å²) in [7, 11) is 0. The third kappa shape index (κ3) is 3.44. The van der Waals surface area contributed by atoms with Gasteiger partial charge in [0.2, 0.25) is 0 Å². The highest BCUT2D eigenvalue weighted by atomic mass is 16.4. The second-order valence-electron chi connectivity index (χ2n) is 2.70. The van der Waals surface area contributed by atoms with Crippen molar-refractivity contribution in [2.45, 2.75) is 31.3 Å². The second kappa shape index (κ2) is 5.41. The van der Waals surface area contributed by atoms with Crippen molar-refractivity contribution in [2.75, 3.05) is 6.54 Å². The standard InChI is InChI=1S/C6H16N2O4/c1-3(9)5(11)6(12)4(10)2-8-7/h3-6,8-12H,2,7H2,1H3/t3-,4+,5+,6-/m0/s1. The van der Waals surface area contributed by atoms with Crippen LogP contribution in [0.15, 0.2) is 0 Å². The first kappa shape index (κ1) is 11.8. The van der Waals surface area contributed by atoms with Gasteiger partial charge >= 0.3 is 0 Å². The fourth-order valence-corrected chi connectivity index (χ4v) is 0.754. The molecule has 0 heterocycles. The molecule has 4 atom stereocenters. The summed E-state index contributed by atoms with van der Waals surface area (Å²) in [6.45, 7) is 1.27. The first-order valence-electron chi connectivity index (χ1n) is 3.66. The lowest BCUT2D eigenvalue weighted by Gasteiger charge is -2.24. The van der Waals surface area contributed by atoms with Gasteiger partial charge in [0.15, 0.2) is 0 Å². The van der Waals surface area contributed by atoms with Crippen molar-refractivity contribution in [2.24, 2.45) is 5.84 Å². The predicted octanol–water partition coefficient (Wildman–Crippen LogP) is -3.09. The molecule has 74 valence electrons. The van der Waals surface area contributed by atoms with Crippen LogP contribution in [0, 0.1) is 0 Å². The SMILES string of the molecule is C[C@H](O)[C@@H](O)[C@@H](O)[C@H](O)CNN. The van der Waals surface area contributed by atoms with Gasteiger partial charge in [0, 0.05) is 6.54 Å². The summed E-state index contributed by atoms with van der Waals surface area (Å²) in [5, 5.41) is 36.1. The van der Waals surface area contributed by atoms with Gasteiger partial charge in [-0.3, -0.25) is 11.3 Å². The van der Waals surface area contributed by atoms with E-state index in [0.29, 0.717) is 0 Å². The van der Waals surface area contributed by atoms with Crippen LogP contribution in [0.5, 0.6) is 0 Å². The van der Waals surface area contributed by atoms with E-state index in [2.05, 4.69) is 5.43 Å². The van der Waals surface area contributed by atoms with Crippen LogP contribution in [0.2, 0.25) is 0 Å². The van der Waals surface area contributed by atoms with Gasteiger partial charge in [0.1, 0.15) is 12.2 Å². The van der Waals surface area contributed by atoms with Gasteiger partial charge in [-0.25, -0.2) is 0 Å². The third-order valence-electron chi connectivity index (χ3n) is 1.57. The van der Waals surface area contributed by atoms with Crippen LogP contribution in [-0.2, 0) is 0 Å². The number of aliphatic hydroxyl groups excluding tert-OH is 4. The van der Waals surface area contributed by atoms with Gasteiger partial charge in [0.25, 0.3) is 0 Å². The molecule has 12 heavy (non-hydrogen) atoms. The zero-order chi connectivity index (χ0) is 9.72. The van der Waals surface area contributed by atoms with Gasteiger partial charge in [-0.05, 0) is 6.92 Å². The molecule has 0 bridgehead atoms. The molecule has 0 aliphatic rings. The molecular weight excluding hydrogens is 164 g/mol. The van der Waals surface area contributed by atoms with E-state index >= 15 is 0 Å². The molecule has 6 nitrogen and oxygen atoms in total. The quantitative estimate of drug-likeness (QED) is 0.197. The molecule has 0 radical (unpaired) electrons. The Balaban J connectivity index is 3.90. The van der Waals surface area contributed by atoms with Crippen molar-refractivity contribution in [3.05, 3.63) is 0 Å². The van der Waals surface area contributed by atoms with Crippen LogP contribution in [0.3, 0.4) is 0 Å². The van der Waals surface area contributed by atoms with Crippen molar-refractivity contribution in [1.82, 2.24) is 5.43 Å². The summed E-state index contributed by atoms with van der Waals surface area (Å²) in [4.78, 5) is 0. The van der Waals surface area contributed by atoms with Crippen LogP contribution >= 0.6 is 0 Å². The average molecular weight is 180 g/mol. The fourth-order valence-electron chi connectivity index (χ4n) is 0.754. The minimum atomic E-state index is -1.40. The number of rotatable bonds is 5. The number of nitrogens with two attached hydrogens (primary N) is 1. The van der Waals surface area contributed by atoms with Crippen molar-refractivity contribution in [3.63, 3.8) is 0 Å². The highest BCUT2D eigenvalue weighted by Crippen LogP contribution is 2.03. The van der Waals surface area contributed by atoms with Gasteiger partial charge in [0.05, 0.1) is 12.2 Å². The number of nitrogens with one attached hydrogen (secondary N) is 1. The van der Waals surface area contributed by atoms with Crippen LogP contribution in [0.25, 0.3) is 0 Å². The second-order valence-corrected chi connectivity index (χ2v) is 2.70. The molecule has 0 unspecified atom stereocenters. The Morgan fingerprint density at radius 2 is 1.67 bits per heavy atom. The Hall–Kier alpha value is -0.240. The summed E-state index contributed by atoms with van der Waals surface area (Å²) < 4.78 is 0. The molecule has 0 aromatic carbocycles. The minimum absolute atomic E-state index is 0.0506. The normalized spacial score (nSPS) is 21.5. The number of hydrazine groups is 1. The lowest BCUT2D eigenvalue weighted by molar-refractivity contribution is -0.0986. The first-order chi connectivity index (χ1) is 5.50. The Labute approximate surface area is 70.6 Å². The Bertz CT molecular complexity index is 122. The van der Waals surface area contributed by atoms with E-state index in [1.165, 1.54) is 6.92 Å². The van der Waals surface area contributed by atoms with E-state index in [4.69, 9.17) is 26.3 Å². The maximum atomic E-state index is 9.13. The zero-order valence-corrected chi connectivity index (χ0v) is 6.88. The van der Waals surface area contributed by atoms with Crippen molar-refractivity contribution < 1.29 is 20.4 Å². The average Bonchev–Trinajstić information content (AvgIpc) is 2.02. The zero-order valence-electron chi connectivity index (χ0n) is 6.88. The molecule has 0 saturated heterocycles. The molecule has 0 aliphatic carbocycles.